The first kappa shape index (κ1) is 14.6. The van der Waals surface area contributed by atoms with Gasteiger partial charge in [0, 0.05) is 11.8 Å². The smallest absolute Gasteiger partial charge is 0.228 e. The molecule has 2 unspecified atom stereocenters. The Labute approximate surface area is 121 Å². The van der Waals surface area contributed by atoms with E-state index in [0.717, 1.165) is 11.4 Å². The van der Waals surface area contributed by atoms with Crippen molar-refractivity contribution in [1.82, 2.24) is 0 Å². The lowest BCUT2D eigenvalue weighted by Crippen LogP contribution is -2.16. The van der Waals surface area contributed by atoms with E-state index in [0.29, 0.717) is 5.92 Å². The lowest BCUT2D eigenvalue weighted by atomic mass is 10.1. The van der Waals surface area contributed by atoms with E-state index in [1.54, 1.807) is 7.11 Å². The number of carbonyl (C=O) groups excluding carboxylic acids is 1. The van der Waals surface area contributed by atoms with Gasteiger partial charge in [0.05, 0.1) is 13.0 Å². The second kappa shape index (κ2) is 5.31. The van der Waals surface area contributed by atoms with Gasteiger partial charge in [-0.25, -0.2) is 0 Å². The van der Waals surface area contributed by atoms with E-state index in [2.05, 4.69) is 39.1 Å². The second-order valence-corrected chi connectivity index (χ2v) is 6.29. The van der Waals surface area contributed by atoms with Crippen LogP contribution in [0, 0.1) is 17.3 Å². The van der Waals surface area contributed by atoms with Crippen LogP contribution in [0.3, 0.4) is 0 Å². The minimum atomic E-state index is 0.0419. The summed E-state index contributed by atoms with van der Waals surface area (Å²) in [5.74, 6) is 1.21. The van der Waals surface area contributed by atoms with Crippen LogP contribution >= 0.6 is 0 Å². The molecule has 1 amide bonds. The van der Waals surface area contributed by atoms with Gasteiger partial charge in [-0.1, -0.05) is 31.6 Å². The number of rotatable bonds is 4. The van der Waals surface area contributed by atoms with Crippen LogP contribution in [0.4, 0.5) is 5.69 Å². The Bertz CT molecular complexity index is 542. The van der Waals surface area contributed by atoms with Crippen LogP contribution in [0.5, 0.6) is 5.75 Å². The molecule has 108 valence electrons. The molecule has 1 aliphatic carbocycles. The molecule has 1 saturated carbocycles. The minimum Gasteiger partial charge on any atom is -0.497 e. The van der Waals surface area contributed by atoms with Gasteiger partial charge in [-0.05, 0) is 37.3 Å². The van der Waals surface area contributed by atoms with E-state index >= 15 is 0 Å². The molecular weight excluding hydrogens is 250 g/mol. The Hall–Kier alpha value is -1.77. The van der Waals surface area contributed by atoms with Crippen LogP contribution in [0.2, 0.25) is 0 Å². The number of methoxy groups -OCH3 is 1. The maximum Gasteiger partial charge on any atom is 0.228 e. The Morgan fingerprint density at radius 1 is 1.35 bits per heavy atom. The molecule has 0 bridgehead atoms. The average molecular weight is 273 g/mol. The molecule has 1 N–H and O–H groups in total. The maximum absolute atomic E-state index is 12.4. The van der Waals surface area contributed by atoms with E-state index in [9.17, 15) is 4.79 Å². The fraction of sp³-hybridized carbons (Fsp3) is 0.471. The molecular formula is C17H23NO2. The number of carbonyl (C=O) groups is 1. The van der Waals surface area contributed by atoms with Crippen molar-refractivity contribution in [3.05, 3.63) is 35.9 Å². The molecule has 20 heavy (non-hydrogen) atoms. The highest BCUT2D eigenvalue weighted by Gasteiger charge is 2.60. The lowest BCUT2D eigenvalue weighted by Gasteiger charge is -2.07. The Kier molecular flexibility index (Phi) is 3.89. The van der Waals surface area contributed by atoms with Crippen molar-refractivity contribution in [2.75, 3.05) is 12.4 Å². The normalized spacial score (nSPS) is 22.9. The lowest BCUT2D eigenvalue weighted by molar-refractivity contribution is -0.118. The van der Waals surface area contributed by atoms with Crippen LogP contribution in [0.1, 0.15) is 27.7 Å². The third-order valence-corrected chi connectivity index (χ3v) is 4.04. The maximum atomic E-state index is 12.4. The van der Waals surface area contributed by atoms with Crippen LogP contribution in [0.25, 0.3) is 0 Å². The monoisotopic (exact) mass is 273 g/mol. The van der Waals surface area contributed by atoms with Gasteiger partial charge in [-0.15, -0.1) is 0 Å². The van der Waals surface area contributed by atoms with Crippen LogP contribution < -0.4 is 10.1 Å². The fourth-order valence-corrected chi connectivity index (χ4v) is 2.77. The van der Waals surface area contributed by atoms with Gasteiger partial charge in [0.25, 0.3) is 0 Å². The average Bonchev–Trinajstić information content (AvgIpc) is 2.90. The number of hydrogen-bond donors (Lipinski definition) is 1. The first-order chi connectivity index (χ1) is 9.36. The van der Waals surface area contributed by atoms with Crippen LogP contribution in [0.15, 0.2) is 35.9 Å². The number of nitrogens with one attached hydrogen (secondary N) is 1. The third kappa shape index (κ3) is 2.87. The molecule has 1 aromatic rings. The highest BCUT2D eigenvalue weighted by molar-refractivity contribution is 5.95. The van der Waals surface area contributed by atoms with Crippen molar-refractivity contribution in [3.63, 3.8) is 0 Å². The summed E-state index contributed by atoms with van der Waals surface area (Å²) in [5, 5.41) is 2.99. The molecule has 0 aromatic heterocycles. The first-order valence-electron chi connectivity index (χ1n) is 6.96. The third-order valence-electron chi connectivity index (χ3n) is 4.04. The van der Waals surface area contributed by atoms with Gasteiger partial charge in [-0.3, -0.25) is 4.79 Å². The fourth-order valence-electron chi connectivity index (χ4n) is 2.77. The van der Waals surface area contributed by atoms with Crippen molar-refractivity contribution < 1.29 is 9.53 Å². The predicted molar refractivity (Wildman–Crippen MR) is 81.8 cm³/mol. The summed E-state index contributed by atoms with van der Waals surface area (Å²) in [5.41, 5.74) is 2.09. The molecule has 0 heterocycles. The zero-order valence-electron chi connectivity index (χ0n) is 12.9. The van der Waals surface area contributed by atoms with E-state index in [4.69, 9.17) is 4.74 Å². The van der Waals surface area contributed by atoms with Gasteiger partial charge < -0.3 is 10.1 Å². The Morgan fingerprint density at radius 3 is 2.65 bits per heavy atom. The molecule has 3 heteroatoms. The van der Waals surface area contributed by atoms with Gasteiger partial charge in [-0.2, -0.15) is 0 Å². The number of hydrogen-bond acceptors (Lipinski definition) is 2. The zero-order valence-corrected chi connectivity index (χ0v) is 12.9. The van der Waals surface area contributed by atoms with Crippen LogP contribution in [-0.2, 0) is 4.79 Å². The standard InChI is InChI=1S/C17H23NO2/c1-11(2)9-14-15(17(14,3)4)16(19)18-12-7-6-8-13(10-12)20-5/h6-10,14-15H,1-5H3,(H,18,19). The van der Waals surface area contributed by atoms with Gasteiger partial charge in [0.15, 0.2) is 0 Å². The molecule has 0 saturated heterocycles. The van der Waals surface area contributed by atoms with E-state index in [-0.39, 0.29) is 17.2 Å². The van der Waals surface area contributed by atoms with Gasteiger partial charge in [0.1, 0.15) is 5.75 Å². The van der Waals surface area contributed by atoms with Gasteiger partial charge >= 0.3 is 0 Å². The summed E-state index contributed by atoms with van der Waals surface area (Å²) in [6.07, 6.45) is 2.20. The summed E-state index contributed by atoms with van der Waals surface area (Å²) in [7, 11) is 1.62. The van der Waals surface area contributed by atoms with E-state index in [1.807, 2.05) is 24.3 Å². The minimum absolute atomic E-state index is 0.0419. The summed E-state index contributed by atoms with van der Waals surface area (Å²) in [6.45, 7) is 8.44. The second-order valence-electron chi connectivity index (χ2n) is 6.29. The topological polar surface area (TPSA) is 38.3 Å². The molecule has 0 spiro atoms. The summed E-state index contributed by atoms with van der Waals surface area (Å²) < 4.78 is 5.17. The molecule has 0 radical (unpaired) electrons. The number of ether oxygens (including phenoxy) is 1. The Balaban J connectivity index is 2.08. The summed E-state index contributed by atoms with van der Waals surface area (Å²) >= 11 is 0. The molecule has 0 aliphatic heterocycles. The van der Waals surface area contributed by atoms with Crippen molar-refractivity contribution in [2.24, 2.45) is 17.3 Å². The molecule has 1 aliphatic rings. The van der Waals surface area contributed by atoms with Crippen molar-refractivity contribution in [3.8, 4) is 5.75 Å². The molecule has 1 aromatic carbocycles. The van der Waals surface area contributed by atoms with Crippen LogP contribution in [-0.4, -0.2) is 13.0 Å². The first-order valence-corrected chi connectivity index (χ1v) is 6.96. The number of allylic oxidation sites excluding steroid dienone is 2. The highest BCUT2D eigenvalue weighted by Crippen LogP contribution is 2.59. The largest absolute Gasteiger partial charge is 0.497 e. The summed E-state index contributed by atoms with van der Waals surface area (Å²) in [6, 6.07) is 7.46. The summed E-state index contributed by atoms with van der Waals surface area (Å²) in [4.78, 5) is 12.4. The zero-order chi connectivity index (χ0) is 14.9. The predicted octanol–water partition coefficient (Wildman–Crippen LogP) is 3.87. The van der Waals surface area contributed by atoms with E-state index in [1.165, 1.54) is 5.57 Å². The molecule has 2 atom stereocenters. The SMILES string of the molecule is COc1cccc(NC(=O)C2C(C=C(C)C)C2(C)C)c1. The number of amides is 1. The number of benzene rings is 1. The molecule has 1 fully saturated rings. The molecule has 3 nitrogen and oxygen atoms in total. The van der Waals surface area contributed by atoms with Crippen molar-refractivity contribution in [1.29, 1.82) is 0 Å². The van der Waals surface area contributed by atoms with Gasteiger partial charge in [0.2, 0.25) is 5.91 Å². The number of anilines is 1. The Morgan fingerprint density at radius 2 is 2.05 bits per heavy atom. The molecule has 2 rings (SSSR count). The van der Waals surface area contributed by atoms with Crippen molar-refractivity contribution >= 4 is 11.6 Å². The van der Waals surface area contributed by atoms with Crippen molar-refractivity contribution in [2.45, 2.75) is 27.7 Å². The highest BCUT2D eigenvalue weighted by atomic mass is 16.5. The quantitative estimate of drug-likeness (QED) is 0.846. The van der Waals surface area contributed by atoms with E-state index < -0.39 is 0 Å².